The van der Waals surface area contributed by atoms with Crippen LogP contribution >= 0.6 is 11.3 Å². The molecule has 2 aromatic carbocycles. The van der Waals surface area contributed by atoms with Gasteiger partial charge in [-0.2, -0.15) is 4.68 Å². The highest BCUT2D eigenvalue weighted by molar-refractivity contribution is 7.14. The maximum Gasteiger partial charge on any atom is 0.259 e. The zero-order valence-electron chi connectivity index (χ0n) is 15.2. The number of hydrogen-bond acceptors (Lipinski definition) is 7. The summed E-state index contributed by atoms with van der Waals surface area (Å²) in [5.41, 5.74) is 3.32. The molecule has 0 atom stereocenters. The van der Waals surface area contributed by atoms with Crippen LogP contribution in [0.4, 0.5) is 10.8 Å². The number of nitrogens with zero attached hydrogens (tertiary/aromatic N) is 5. The number of rotatable bonds is 5. The van der Waals surface area contributed by atoms with Crippen molar-refractivity contribution in [2.45, 2.75) is 6.92 Å². The molecule has 144 valence electrons. The van der Waals surface area contributed by atoms with Crippen LogP contribution in [0.3, 0.4) is 0 Å². The fourth-order valence-corrected chi connectivity index (χ4v) is 3.41. The molecular formula is C19H15N7O2S. The molecule has 4 rings (SSSR count). The quantitative estimate of drug-likeness (QED) is 0.527. The van der Waals surface area contributed by atoms with E-state index in [-0.39, 0.29) is 11.8 Å². The highest BCUT2D eigenvalue weighted by Crippen LogP contribution is 2.26. The van der Waals surface area contributed by atoms with Gasteiger partial charge in [-0.05, 0) is 34.7 Å². The molecule has 29 heavy (non-hydrogen) atoms. The van der Waals surface area contributed by atoms with Crippen molar-refractivity contribution >= 4 is 34.0 Å². The van der Waals surface area contributed by atoms with Crippen LogP contribution in [0.1, 0.15) is 17.3 Å². The molecule has 0 aliphatic carbocycles. The Bertz CT molecular complexity index is 1150. The third kappa shape index (κ3) is 4.17. The van der Waals surface area contributed by atoms with E-state index in [1.54, 1.807) is 36.4 Å². The summed E-state index contributed by atoms with van der Waals surface area (Å²) >= 11 is 1.33. The molecule has 2 amide bonds. The van der Waals surface area contributed by atoms with Gasteiger partial charge < -0.3 is 5.32 Å². The van der Waals surface area contributed by atoms with Gasteiger partial charge in [0, 0.05) is 23.6 Å². The first-order valence-electron chi connectivity index (χ1n) is 8.57. The molecule has 0 fully saturated rings. The van der Waals surface area contributed by atoms with Crippen molar-refractivity contribution in [1.82, 2.24) is 25.2 Å². The van der Waals surface area contributed by atoms with Crippen molar-refractivity contribution in [2.75, 3.05) is 10.6 Å². The Morgan fingerprint density at radius 2 is 1.83 bits per heavy atom. The van der Waals surface area contributed by atoms with Crippen molar-refractivity contribution in [3.05, 3.63) is 65.8 Å². The smallest absolute Gasteiger partial charge is 0.259 e. The molecule has 0 saturated carbocycles. The monoisotopic (exact) mass is 405 g/mol. The fraction of sp³-hybridized carbons (Fsp3) is 0.0526. The number of tetrazole rings is 1. The van der Waals surface area contributed by atoms with Crippen LogP contribution < -0.4 is 10.6 Å². The van der Waals surface area contributed by atoms with Crippen molar-refractivity contribution < 1.29 is 9.59 Å². The summed E-state index contributed by atoms with van der Waals surface area (Å²) in [6, 6.07) is 14.4. The lowest BCUT2D eigenvalue weighted by Crippen LogP contribution is -2.15. The van der Waals surface area contributed by atoms with Gasteiger partial charge in [0.05, 0.1) is 16.9 Å². The second kappa shape index (κ2) is 7.98. The summed E-state index contributed by atoms with van der Waals surface area (Å²) in [4.78, 5) is 28.4. The number of benzene rings is 2. The molecule has 0 saturated heterocycles. The van der Waals surface area contributed by atoms with E-state index in [4.69, 9.17) is 0 Å². The fourth-order valence-electron chi connectivity index (χ4n) is 2.69. The van der Waals surface area contributed by atoms with E-state index in [9.17, 15) is 9.59 Å². The van der Waals surface area contributed by atoms with E-state index in [1.807, 2.05) is 17.5 Å². The molecule has 0 aliphatic rings. The second-order valence-electron chi connectivity index (χ2n) is 6.02. The summed E-state index contributed by atoms with van der Waals surface area (Å²) < 4.78 is 1.43. The molecule has 0 radical (unpaired) electrons. The number of para-hydroxylation sites is 1. The Balaban J connectivity index is 1.51. The van der Waals surface area contributed by atoms with Gasteiger partial charge in [-0.1, -0.05) is 24.3 Å². The lowest BCUT2D eigenvalue weighted by Gasteiger charge is -2.07. The van der Waals surface area contributed by atoms with E-state index in [2.05, 4.69) is 31.1 Å². The normalized spacial score (nSPS) is 10.5. The van der Waals surface area contributed by atoms with Crippen LogP contribution in [0.15, 0.2) is 60.2 Å². The van der Waals surface area contributed by atoms with Gasteiger partial charge in [-0.3, -0.25) is 14.9 Å². The summed E-state index contributed by atoms with van der Waals surface area (Å²) in [5, 5.41) is 18.9. The predicted octanol–water partition coefficient (Wildman–Crippen LogP) is 3.00. The van der Waals surface area contributed by atoms with Gasteiger partial charge in [-0.15, -0.1) is 16.4 Å². The molecule has 2 aromatic heterocycles. The molecule has 9 nitrogen and oxygen atoms in total. The average Bonchev–Trinajstić information content (AvgIpc) is 3.40. The molecule has 0 spiro atoms. The lowest BCUT2D eigenvalue weighted by atomic mass is 10.1. The van der Waals surface area contributed by atoms with E-state index < -0.39 is 0 Å². The minimum absolute atomic E-state index is 0.127. The largest absolute Gasteiger partial charge is 0.326 e. The van der Waals surface area contributed by atoms with Crippen molar-refractivity contribution in [3.8, 4) is 16.9 Å². The Morgan fingerprint density at radius 1 is 1.03 bits per heavy atom. The van der Waals surface area contributed by atoms with E-state index in [1.165, 1.54) is 29.3 Å². The third-order valence-corrected chi connectivity index (χ3v) is 4.73. The van der Waals surface area contributed by atoms with Crippen LogP contribution in [0.25, 0.3) is 16.9 Å². The second-order valence-corrected chi connectivity index (χ2v) is 6.88. The van der Waals surface area contributed by atoms with Gasteiger partial charge in [-0.25, -0.2) is 4.98 Å². The van der Waals surface area contributed by atoms with Gasteiger partial charge in [0.15, 0.2) is 5.13 Å². The number of aromatic nitrogens is 5. The molecular weight excluding hydrogens is 390 g/mol. The Hall–Kier alpha value is -3.92. The van der Waals surface area contributed by atoms with Crippen molar-refractivity contribution in [2.24, 2.45) is 0 Å². The topological polar surface area (TPSA) is 115 Å². The third-order valence-electron chi connectivity index (χ3n) is 3.97. The van der Waals surface area contributed by atoms with E-state index in [0.29, 0.717) is 22.1 Å². The molecule has 4 aromatic rings. The minimum Gasteiger partial charge on any atom is -0.326 e. The molecule has 0 unspecified atom stereocenters. The molecule has 0 bridgehead atoms. The van der Waals surface area contributed by atoms with Crippen LogP contribution in [0, 0.1) is 0 Å². The number of carbonyl (C=O) groups is 2. The summed E-state index contributed by atoms with van der Waals surface area (Å²) in [6.07, 6.45) is 1.43. The summed E-state index contributed by atoms with van der Waals surface area (Å²) in [5.74, 6) is -0.434. The van der Waals surface area contributed by atoms with E-state index >= 15 is 0 Å². The van der Waals surface area contributed by atoms with Gasteiger partial charge >= 0.3 is 0 Å². The number of hydrogen-bond donors (Lipinski definition) is 2. The van der Waals surface area contributed by atoms with Crippen LogP contribution in [0.5, 0.6) is 0 Å². The zero-order valence-corrected chi connectivity index (χ0v) is 16.1. The highest BCUT2D eigenvalue weighted by atomic mass is 32.1. The highest BCUT2D eigenvalue weighted by Gasteiger charge is 2.15. The van der Waals surface area contributed by atoms with Crippen molar-refractivity contribution in [3.63, 3.8) is 0 Å². The minimum atomic E-state index is -0.307. The Kier molecular flexibility index (Phi) is 5.08. The molecule has 2 heterocycles. The van der Waals surface area contributed by atoms with Gasteiger partial charge in [0.25, 0.3) is 5.91 Å². The molecule has 10 heteroatoms. The predicted molar refractivity (Wildman–Crippen MR) is 109 cm³/mol. The van der Waals surface area contributed by atoms with Crippen molar-refractivity contribution in [1.29, 1.82) is 0 Å². The average molecular weight is 405 g/mol. The maximum atomic E-state index is 12.8. The Morgan fingerprint density at radius 3 is 2.55 bits per heavy atom. The first-order chi connectivity index (χ1) is 14.1. The number of carbonyl (C=O) groups excluding carboxylic acids is 2. The Labute approximate surface area is 169 Å². The first-order valence-corrected chi connectivity index (χ1v) is 9.45. The first kappa shape index (κ1) is 18.4. The number of amides is 2. The standard InChI is InChI=1S/C19H15N7O2S/c1-12(27)21-14-8-6-13(7-9-14)16-10-29-19(22-16)23-18(28)15-4-2-3-5-17(15)26-11-20-24-25-26/h2-11H,1H3,(H,21,27)(H,22,23,28). The van der Waals surface area contributed by atoms with Crippen LogP contribution in [-0.2, 0) is 4.79 Å². The lowest BCUT2D eigenvalue weighted by molar-refractivity contribution is -0.114. The van der Waals surface area contributed by atoms with E-state index in [0.717, 1.165) is 11.3 Å². The number of thiazole rings is 1. The summed E-state index contributed by atoms with van der Waals surface area (Å²) in [6.45, 7) is 1.46. The number of anilines is 2. The van der Waals surface area contributed by atoms with Crippen LogP contribution in [-0.4, -0.2) is 37.0 Å². The van der Waals surface area contributed by atoms with Gasteiger partial charge in [0.2, 0.25) is 5.91 Å². The summed E-state index contributed by atoms with van der Waals surface area (Å²) in [7, 11) is 0. The number of nitrogens with one attached hydrogen (secondary N) is 2. The zero-order chi connectivity index (χ0) is 20.2. The maximum absolute atomic E-state index is 12.8. The molecule has 2 N–H and O–H groups in total. The van der Waals surface area contributed by atoms with Gasteiger partial charge in [0.1, 0.15) is 6.33 Å². The molecule has 0 aliphatic heterocycles. The SMILES string of the molecule is CC(=O)Nc1ccc(-c2csc(NC(=O)c3ccccc3-n3cnnn3)n2)cc1. The van der Waals surface area contributed by atoms with Crippen LogP contribution in [0.2, 0.25) is 0 Å².